The number of aliphatic carboxylic acids is 1. The van der Waals surface area contributed by atoms with E-state index in [9.17, 15) is 9.59 Å². The van der Waals surface area contributed by atoms with Gasteiger partial charge in [-0.3, -0.25) is 14.6 Å². The van der Waals surface area contributed by atoms with Crippen molar-refractivity contribution in [3.05, 3.63) is 53.3 Å². The van der Waals surface area contributed by atoms with Crippen LogP contribution in [0.2, 0.25) is 0 Å². The van der Waals surface area contributed by atoms with Crippen molar-refractivity contribution in [2.45, 2.75) is 19.4 Å². The Kier molecular flexibility index (Phi) is 3.73. The first kappa shape index (κ1) is 15.0. The number of aromatic nitrogens is 1. The number of carboxylic acids is 1. The van der Waals surface area contributed by atoms with Crippen molar-refractivity contribution < 1.29 is 14.7 Å². The summed E-state index contributed by atoms with van der Waals surface area (Å²) in [6.07, 6.45) is 1.49. The molecule has 0 bridgehead atoms. The monoisotopic (exact) mass is 311 g/mol. The van der Waals surface area contributed by atoms with Crippen LogP contribution in [0, 0.1) is 6.92 Å². The van der Waals surface area contributed by atoms with Gasteiger partial charge in [0.25, 0.3) is 0 Å². The molecule has 3 rings (SSSR count). The standard InChI is InChI=1S/C17H17N3O3/c1-10-15-13(9-20(10)2)19-17(23)12(8-14(21)22)18-16(15)11-6-4-3-5-7-11/h3-7,9,12H,8H2,1-2H3,(H,19,23)(H,21,22). The number of nitrogens with one attached hydrogen (secondary N) is 1. The Bertz CT molecular complexity index is 806. The summed E-state index contributed by atoms with van der Waals surface area (Å²) in [5.41, 5.74) is 3.95. The van der Waals surface area contributed by atoms with Crippen molar-refractivity contribution in [1.82, 2.24) is 4.57 Å². The van der Waals surface area contributed by atoms with Gasteiger partial charge in [0.15, 0.2) is 0 Å². The number of carboxylic acid groups (broad SMARTS) is 1. The van der Waals surface area contributed by atoms with Crippen LogP contribution in [0.5, 0.6) is 0 Å². The predicted octanol–water partition coefficient (Wildman–Crippen LogP) is 1.97. The molecule has 2 heterocycles. The maximum absolute atomic E-state index is 12.3. The first-order valence-electron chi connectivity index (χ1n) is 7.29. The van der Waals surface area contributed by atoms with E-state index >= 15 is 0 Å². The van der Waals surface area contributed by atoms with Gasteiger partial charge in [-0.15, -0.1) is 0 Å². The first-order chi connectivity index (χ1) is 11.0. The molecule has 0 saturated heterocycles. The molecule has 118 valence electrons. The number of aliphatic imine (C=N–C) groups is 1. The van der Waals surface area contributed by atoms with Crippen molar-refractivity contribution in [2.75, 3.05) is 5.32 Å². The second-order valence-corrected chi connectivity index (χ2v) is 5.56. The van der Waals surface area contributed by atoms with E-state index < -0.39 is 17.9 Å². The number of anilines is 1. The normalized spacial score (nSPS) is 17.0. The largest absolute Gasteiger partial charge is 0.481 e. The average Bonchev–Trinajstić information content (AvgIpc) is 2.71. The minimum atomic E-state index is -1.05. The van der Waals surface area contributed by atoms with Crippen LogP contribution in [0.25, 0.3) is 0 Å². The molecule has 2 aromatic rings. The molecule has 1 aliphatic rings. The smallest absolute Gasteiger partial charge is 0.306 e. The Balaban J connectivity index is 2.20. The lowest BCUT2D eigenvalue weighted by molar-refractivity contribution is -0.138. The second kappa shape index (κ2) is 5.72. The molecule has 6 nitrogen and oxygen atoms in total. The molecule has 1 atom stereocenters. The number of amides is 1. The van der Waals surface area contributed by atoms with Crippen LogP contribution in [-0.4, -0.2) is 33.3 Å². The van der Waals surface area contributed by atoms with Gasteiger partial charge in [0, 0.05) is 30.1 Å². The van der Waals surface area contributed by atoms with Crippen molar-refractivity contribution in [3.63, 3.8) is 0 Å². The number of hydrogen-bond acceptors (Lipinski definition) is 3. The highest BCUT2D eigenvalue weighted by molar-refractivity contribution is 6.20. The topological polar surface area (TPSA) is 83.7 Å². The van der Waals surface area contributed by atoms with Crippen molar-refractivity contribution in [2.24, 2.45) is 12.0 Å². The molecule has 23 heavy (non-hydrogen) atoms. The lowest BCUT2D eigenvalue weighted by Crippen LogP contribution is -2.28. The number of rotatable bonds is 3. The number of carbonyl (C=O) groups is 2. The van der Waals surface area contributed by atoms with Crippen LogP contribution in [0.15, 0.2) is 41.5 Å². The molecule has 0 aliphatic carbocycles. The molecule has 6 heteroatoms. The maximum Gasteiger partial charge on any atom is 0.306 e. The summed E-state index contributed by atoms with van der Waals surface area (Å²) in [5, 5.41) is 11.8. The zero-order valence-corrected chi connectivity index (χ0v) is 12.9. The summed E-state index contributed by atoms with van der Waals surface area (Å²) < 4.78 is 1.92. The predicted molar refractivity (Wildman–Crippen MR) is 86.9 cm³/mol. The van der Waals surface area contributed by atoms with Crippen LogP contribution >= 0.6 is 0 Å². The molecular weight excluding hydrogens is 294 g/mol. The minimum Gasteiger partial charge on any atom is -0.481 e. The van der Waals surface area contributed by atoms with Crippen LogP contribution < -0.4 is 5.32 Å². The van der Waals surface area contributed by atoms with E-state index in [-0.39, 0.29) is 6.42 Å². The average molecular weight is 311 g/mol. The Morgan fingerprint density at radius 2 is 2.04 bits per heavy atom. The number of carbonyl (C=O) groups excluding carboxylic acids is 1. The number of fused-ring (bicyclic) bond motifs is 1. The zero-order chi connectivity index (χ0) is 16.6. The van der Waals surface area contributed by atoms with Gasteiger partial charge in [-0.1, -0.05) is 30.3 Å². The number of aryl methyl sites for hydroxylation is 1. The third-order valence-corrected chi connectivity index (χ3v) is 3.98. The van der Waals surface area contributed by atoms with E-state index in [1.165, 1.54) is 0 Å². The molecule has 0 spiro atoms. The molecule has 1 amide bonds. The zero-order valence-electron chi connectivity index (χ0n) is 12.9. The maximum atomic E-state index is 12.3. The molecule has 0 radical (unpaired) electrons. The number of hydrogen-bond donors (Lipinski definition) is 2. The van der Waals surface area contributed by atoms with E-state index in [2.05, 4.69) is 10.3 Å². The summed E-state index contributed by atoms with van der Waals surface area (Å²) in [6, 6.07) is 8.55. The summed E-state index contributed by atoms with van der Waals surface area (Å²) in [5.74, 6) is -1.45. The van der Waals surface area contributed by atoms with Crippen molar-refractivity contribution in [3.8, 4) is 0 Å². The molecule has 1 aromatic carbocycles. The lowest BCUT2D eigenvalue weighted by Gasteiger charge is -2.10. The van der Waals surface area contributed by atoms with Gasteiger partial charge < -0.3 is 15.0 Å². The summed E-state index contributed by atoms with van der Waals surface area (Å²) in [7, 11) is 1.90. The number of nitrogens with zero attached hydrogens (tertiary/aromatic N) is 2. The van der Waals surface area contributed by atoms with Crippen LogP contribution in [0.4, 0.5) is 5.69 Å². The highest BCUT2D eigenvalue weighted by atomic mass is 16.4. The van der Waals surface area contributed by atoms with Gasteiger partial charge >= 0.3 is 5.97 Å². The molecule has 1 aliphatic heterocycles. The summed E-state index contributed by atoms with van der Waals surface area (Å²) in [6.45, 7) is 1.95. The molecular formula is C17H17N3O3. The van der Waals surface area contributed by atoms with E-state index in [0.29, 0.717) is 11.4 Å². The fourth-order valence-electron chi connectivity index (χ4n) is 2.73. The van der Waals surface area contributed by atoms with E-state index in [1.807, 2.05) is 55.1 Å². The Morgan fingerprint density at radius 1 is 1.35 bits per heavy atom. The van der Waals surface area contributed by atoms with Crippen molar-refractivity contribution >= 4 is 23.3 Å². The highest BCUT2D eigenvalue weighted by Gasteiger charge is 2.29. The van der Waals surface area contributed by atoms with Crippen LogP contribution in [0.1, 0.15) is 23.2 Å². The molecule has 0 saturated carbocycles. The molecule has 1 unspecified atom stereocenters. The lowest BCUT2D eigenvalue weighted by atomic mass is 10.0. The van der Waals surface area contributed by atoms with Crippen LogP contribution in [0.3, 0.4) is 0 Å². The van der Waals surface area contributed by atoms with Gasteiger partial charge in [-0.05, 0) is 6.92 Å². The SMILES string of the molecule is Cc1c2c(cn1C)NC(=O)C(CC(=O)O)N=C2c1ccccc1. The van der Waals surface area contributed by atoms with E-state index in [4.69, 9.17) is 5.11 Å². The first-order valence-corrected chi connectivity index (χ1v) is 7.29. The van der Waals surface area contributed by atoms with Gasteiger partial charge in [0.2, 0.25) is 5.91 Å². The molecule has 0 fully saturated rings. The third kappa shape index (κ3) is 2.75. The second-order valence-electron chi connectivity index (χ2n) is 5.56. The summed E-state index contributed by atoms with van der Waals surface area (Å²) >= 11 is 0. The fraction of sp³-hybridized carbons (Fsp3) is 0.235. The summed E-state index contributed by atoms with van der Waals surface area (Å²) in [4.78, 5) is 27.9. The van der Waals surface area contributed by atoms with Gasteiger partial charge in [-0.2, -0.15) is 0 Å². The highest BCUT2D eigenvalue weighted by Crippen LogP contribution is 2.29. The fourth-order valence-corrected chi connectivity index (χ4v) is 2.73. The Hall–Kier alpha value is -2.89. The van der Waals surface area contributed by atoms with E-state index in [0.717, 1.165) is 16.8 Å². The molecule has 1 aromatic heterocycles. The van der Waals surface area contributed by atoms with Gasteiger partial charge in [-0.25, -0.2) is 0 Å². The quantitative estimate of drug-likeness (QED) is 0.909. The molecule has 2 N–H and O–H groups in total. The number of benzene rings is 1. The van der Waals surface area contributed by atoms with Crippen LogP contribution in [-0.2, 0) is 16.6 Å². The van der Waals surface area contributed by atoms with Crippen molar-refractivity contribution in [1.29, 1.82) is 0 Å². The van der Waals surface area contributed by atoms with E-state index in [1.54, 1.807) is 0 Å². The van der Waals surface area contributed by atoms with Gasteiger partial charge in [0.05, 0.1) is 17.8 Å². The third-order valence-electron chi connectivity index (χ3n) is 3.98. The van der Waals surface area contributed by atoms with Gasteiger partial charge in [0.1, 0.15) is 6.04 Å². The Labute approximate surface area is 133 Å². The Morgan fingerprint density at radius 3 is 2.70 bits per heavy atom. The minimum absolute atomic E-state index is 0.336.